The van der Waals surface area contributed by atoms with Gasteiger partial charge in [-0.25, -0.2) is 12.8 Å². The molecule has 0 unspecified atom stereocenters. The number of hydrogen-bond donors (Lipinski definition) is 1. The number of methoxy groups -OCH3 is 1. The fourth-order valence-electron chi connectivity index (χ4n) is 3.04. The van der Waals surface area contributed by atoms with Crippen LogP contribution in [0.3, 0.4) is 0 Å². The maximum atomic E-state index is 13.7. The van der Waals surface area contributed by atoms with Crippen LogP contribution in [0, 0.1) is 5.82 Å². The van der Waals surface area contributed by atoms with E-state index >= 15 is 0 Å². The molecule has 3 aromatic carbocycles. The Kier molecular flexibility index (Phi) is 6.14. The zero-order valence-corrected chi connectivity index (χ0v) is 16.9. The van der Waals surface area contributed by atoms with E-state index in [1.807, 2.05) is 36.4 Å². The van der Waals surface area contributed by atoms with E-state index in [-0.39, 0.29) is 17.2 Å². The molecule has 0 aliphatic rings. The summed E-state index contributed by atoms with van der Waals surface area (Å²) in [7, 11) is -2.84. The normalized spacial score (nSPS) is 11.6. The van der Waals surface area contributed by atoms with Crippen LogP contribution in [0.1, 0.15) is 6.92 Å². The van der Waals surface area contributed by atoms with Crippen molar-refractivity contribution in [3.8, 4) is 5.75 Å². The van der Waals surface area contributed by atoms with Crippen molar-refractivity contribution < 1.29 is 22.3 Å². The maximum absolute atomic E-state index is 13.7. The highest BCUT2D eigenvalue weighted by molar-refractivity contribution is 7.89. The summed E-state index contributed by atoms with van der Waals surface area (Å²) in [5.74, 6) is -1.19. The second-order valence-corrected chi connectivity index (χ2v) is 8.21. The molecule has 0 heterocycles. The van der Waals surface area contributed by atoms with E-state index in [1.165, 1.54) is 13.2 Å². The molecular formula is C21H21FN2O4S. The van der Waals surface area contributed by atoms with E-state index < -0.39 is 28.3 Å². The molecule has 1 N–H and O–H groups in total. The molecule has 3 aromatic rings. The Balaban J connectivity index is 1.85. The van der Waals surface area contributed by atoms with Crippen LogP contribution in [0.15, 0.2) is 65.6 Å². The lowest BCUT2D eigenvalue weighted by molar-refractivity contribution is -0.116. The van der Waals surface area contributed by atoms with Crippen molar-refractivity contribution in [2.75, 3.05) is 25.5 Å². The average molecular weight is 416 g/mol. The minimum absolute atomic E-state index is 0.0133. The van der Waals surface area contributed by atoms with Gasteiger partial charge in [0.05, 0.1) is 13.7 Å². The standard InChI is InChI=1S/C21H21FN2O4S/c1-3-24(29(26,27)20-13-16(22)11-12-19(20)28-2)14-21(25)23-18-10-6-8-15-7-4-5-9-17(15)18/h4-13H,3,14H2,1-2H3,(H,23,25). The van der Waals surface area contributed by atoms with Gasteiger partial charge in [0.1, 0.15) is 16.5 Å². The lowest BCUT2D eigenvalue weighted by Gasteiger charge is -2.21. The molecule has 3 rings (SSSR count). The minimum Gasteiger partial charge on any atom is -0.495 e. The van der Waals surface area contributed by atoms with Gasteiger partial charge in [0.25, 0.3) is 0 Å². The largest absolute Gasteiger partial charge is 0.495 e. The molecule has 0 saturated heterocycles. The molecule has 0 radical (unpaired) electrons. The van der Waals surface area contributed by atoms with E-state index in [1.54, 1.807) is 13.0 Å². The molecule has 0 aliphatic heterocycles. The van der Waals surface area contributed by atoms with Gasteiger partial charge in [-0.1, -0.05) is 43.3 Å². The minimum atomic E-state index is -4.14. The summed E-state index contributed by atoms with van der Waals surface area (Å²) in [6, 6.07) is 16.3. The highest BCUT2D eigenvalue weighted by atomic mass is 32.2. The number of amides is 1. The Morgan fingerprint density at radius 3 is 2.55 bits per heavy atom. The third-order valence-electron chi connectivity index (χ3n) is 4.48. The van der Waals surface area contributed by atoms with Gasteiger partial charge >= 0.3 is 0 Å². The first-order valence-corrected chi connectivity index (χ1v) is 10.4. The van der Waals surface area contributed by atoms with Gasteiger partial charge in [0, 0.05) is 17.6 Å². The smallest absolute Gasteiger partial charge is 0.247 e. The summed E-state index contributed by atoms with van der Waals surface area (Å²) in [6.45, 7) is 1.22. The lowest BCUT2D eigenvalue weighted by atomic mass is 10.1. The Bertz CT molecular complexity index is 1140. The molecule has 6 nitrogen and oxygen atoms in total. The molecule has 0 spiro atoms. The van der Waals surface area contributed by atoms with Crippen molar-refractivity contribution in [2.45, 2.75) is 11.8 Å². The third-order valence-corrected chi connectivity index (χ3v) is 6.42. The van der Waals surface area contributed by atoms with Crippen molar-refractivity contribution >= 4 is 32.4 Å². The predicted octanol–water partition coefficient (Wildman–Crippen LogP) is 3.64. The number of rotatable bonds is 7. The van der Waals surface area contributed by atoms with Crippen LogP contribution >= 0.6 is 0 Å². The Labute approximate surface area is 169 Å². The second kappa shape index (κ2) is 8.59. The number of halogens is 1. The van der Waals surface area contributed by atoms with Crippen molar-refractivity contribution in [3.05, 3.63) is 66.5 Å². The highest BCUT2D eigenvalue weighted by Gasteiger charge is 2.29. The van der Waals surface area contributed by atoms with Crippen LogP contribution in [0.4, 0.5) is 10.1 Å². The molecule has 0 atom stereocenters. The van der Waals surface area contributed by atoms with Gasteiger partial charge in [-0.2, -0.15) is 4.31 Å². The van der Waals surface area contributed by atoms with Crippen LogP contribution in [-0.2, 0) is 14.8 Å². The average Bonchev–Trinajstić information content (AvgIpc) is 2.72. The SMILES string of the molecule is CCN(CC(=O)Nc1cccc2ccccc12)S(=O)(=O)c1cc(F)ccc1OC. The summed E-state index contributed by atoms with van der Waals surface area (Å²) in [5.41, 5.74) is 0.588. The topological polar surface area (TPSA) is 75.7 Å². The van der Waals surface area contributed by atoms with Gasteiger partial charge < -0.3 is 10.1 Å². The second-order valence-electron chi connectivity index (χ2n) is 6.30. The summed E-state index contributed by atoms with van der Waals surface area (Å²) >= 11 is 0. The van der Waals surface area contributed by atoms with Crippen molar-refractivity contribution in [2.24, 2.45) is 0 Å². The number of hydrogen-bond acceptors (Lipinski definition) is 4. The molecule has 29 heavy (non-hydrogen) atoms. The van der Waals surface area contributed by atoms with Crippen LogP contribution in [0.5, 0.6) is 5.75 Å². The molecule has 0 bridgehead atoms. The number of carbonyl (C=O) groups is 1. The van der Waals surface area contributed by atoms with Gasteiger partial charge in [-0.3, -0.25) is 4.79 Å². The summed E-state index contributed by atoms with van der Waals surface area (Å²) < 4.78 is 45.7. The van der Waals surface area contributed by atoms with Gasteiger partial charge in [0.2, 0.25) is 15.9 Å². The van der Waals surface area contributed by atoms with E-state index in [2.05, 4.69) is 5.32 Å². The number of ether oxygens (including phenoxy) is 1. The Hall–Kier alpha value is -2.97. The summed E-state index contributed by atoms with van der Waals surface area (Å²) in [4.78, 5) is 12.3. The molecule has 8 heteroatoms. The predicted molar refractivity (Wildman–Crippen MR) is 110 cm³/mol. The number of likely N-dealkylation sites (N-methyl/N-ethyl adjacent to an activating group) is 1. The fourth-order valence-corrected chi connectivity index (χ4v) is 4.61. The molecule has 0 fully saturated rings. The molecule has 152 valence electrons. The van der Waals surface area contributed by atoms with Crippen LogP contribution in [0.25, 0.3) is 10.8 Å². The number of nitrogens with zero attached hydrogens (tertiary/aromatic N) is 1. The van der Waals surface area contributed by atoms with Crippen LogP contribution in [-0.4, -0.2) is 38.8 Å². The van der Waals surface area contributed by atoms with Gasteiger partial charge in [-0.05, 0) is 29.7 Å². The number of nitrogens with one attached hydrogen (secondary N) is 1. The molecule has 1 amide bonds. The monoisotopic (exact) mass is 416 g/mol. The van der Waals surface area contributed by atoms with E-state index in [4.69, 9.17) is 4.74 Å². The number of fused-ring (bicyclic) bond motifs is 1. The number of anilines is 1. The summed E-state index contributed by atoms with van der Waals surface area (Å²) in [6.07, 6.45) is 0. The Morgan fingerprint density at radius 2 is 1.83 bits per heavy atom. The lowest BCUT2D eigenvalue weighted by Crippen LogP contribution is -2.38. The number of benzene rings is 3. The molecule has 0 saturated carbocycles. The summed E-state index contributed by atoms with van der Waals surface area (Å²) in [5, 5.41) is 4.56. The third kappa shape index (κ3) is 4.38. The van der Waals surface area contributed by atoms with E-state index in [0.29, 0.717) is 5.69 Å². The van der Waals surface area contributed by atoms with Crippen molar-refractivity contribution in [1.82, 2.24) is 4.31 Å². The molecular weight excluding hydrogens is 395 g/mol. The quantitative estimate of drug-likeness (QED) is 0.638. The van der Waals surface area contributed by atoms with E-state index in [9.17, 15) is 17.6 Å². The fraction of sp³-hybridized carbons (Fsp3) is 0.190. The van der Waals surface area contributed by atoms with Gasteiger partial charge in [-0.15, -0.1) is 0 Å². The highest BCUT2D eigenvalue weighted by Crippen LogP contribution is 2.28. The molecule has 0 aromatic heterocycles. The first kappa shape index (κ1) is 20.8. The zero-order chi connectivity index (χ0) is 21.0. The molecule has 0 aliphatic carbocycles. The van der Waals surface area contributed by atoms with Crippen LogP contribution in [0.2, 0.25) is 0 Å². The Morgan fingerprint density at radius 1 is 1.10 bits per heavy atom. The van der Waals surface area contributed by atoms with Crippen molar-refractivity contribution in [1.29, 1.82) is 0 Å². The van der Waals surface area contributed by atoms with Crippen LogP contribution < -0.4 is 10.1 Å². The number of carbonyl (C=O) groups excluding carboxylic acids is 1. The van der Waals surface area contributed by atoms with E-state index in [0.717, 1.165) is 27.2 Å². The first-order valence-electron chi connectivity index (χ1n) is 8.98. The first-order chi connectivity index (χ1) is 13.9. The zero-order valence-electron chi connectivity index (χ0n) is 16.1. The number of sulfonamides is 1. The van der Waals surface area contributed by atoms with Crippen molar-refractivity contribution in [3.63, 3.8) is 0 Å². The van der Waals surface area contributed by atoms with Gasteiger partial charge in [0.15, 0.2) is 0 Å². The maximum Gasteiger partial charge on any atom is 0.247 e.